The van der Waals surface area contributed by atoms with Gasteiger partial charge >= 0.3 is 5.97 Å². The Bertz CT molecular complexity index is 365. The molecule has 1 heterocycles. The van der Waals surface area contributed by atoms with Crippen LogP contribution in [0.25, 0.3) is 0 Å². The van der Waals surface area contributed by atoms with E-state index in [2.05, 4.69) is 15.0 Å². The van der Waals surface area contributed by atoms with E-state index in [0.29, 0.717) is 12.2 Å². The van der Waals surface area contributed by atoms with Gasteiger partial charge in [-0.15, -0.1) is 0 Å². The molecule has 86 valence electrons. The van der Waals surface area contributed by atoms with Crippen molar-refractivity contribution in [2.45, 2.75) is 13.3 Å². The van der Waals surface area contributed by atoms with Crippen molar-refractivity contribution in [3.05, 3.63) is 24.4 Å². The highest BCUT2D eigenvalue weighted by atomic mass is 16.5. The van der Waals surface area contributed by atoms with Crippen molar-refractivity contribution >= 4 is 17.7 Å². The van der Waals surface area contributed by atoms with E-state index in [1.807, 2.05) is 0 Å². The second-order valence-electron chi connectivity index (χ2n) is 3.19. The molecule has 0 saturated carbocycles. The molecule has 1 rings (SSSR count). The highest BCUT2D eigenvalue weighted by Gasteiger charge is 2.25. The summed E-state index contributed by atoms with van der Waals surface area (Å²) in [5.74, 6) is -1.29. The average Bonchev–Trinajstić information content (AvgIpc) is 2.31. The van der Waals surface area contributed by atoms with E-state index >= 15 is 0 Å². The number of nitrogens with one attached hydrogen (secondary N) is 1. The Morgan fingerprint density at radius 2 is 2.25 bits per heavy atom. The lowest BCUT2D eigenvalue weighted by atomic mass is 10.1. The van der Waals surface area contributed by atoms with E-state index in [0.717, 1.165) is 0 Å². The summed E-state index contributed by atoms with van der Waals surface area (Å²) in [4.78, 5) is 26.9. The fourth-order valence-electron chi connectivity index (χ4n) is 1.25. The Balaban J connectivity index is 2.67. The minimum atomic E-state index is -0.785. The van der Waals surface area contributed by atoms with Crippen molar-refractivity contribution in [3.8, 4) is 0 Å². The molecule has 0 aromatic carbocycles. The first kappa shape index (κ1) is 12.2. The first-order chi connectivity index (χ1) is 7.69. The molecule has 0 aliphatic rings. The van der Waals surface area contributed by atoms with E-state index in [1.165, 1.54) is 7.11 Å². The molecule has 1 atom stereocenters. The van der Waals surface area contributed by atoms with Crippen LogP contribution in [-0.4, -0.2) is 24.0 Å². The molecule has 1 amide bonds. The Morgan fingerprint density at radius 1 is 1.50 bits per heavy atom. The number of hydrogen-bond donors (Lipinski definition) is 1. The largest absolute Gasteiger partial charge is 0.468 e. The first-order valence-electron chi connectivity index (χ1n) is 4.98. The van der Waals surface area contributed by atoms with Crippen LogP contribution in [0.15, 0.2) is 24.4 Å². The molecule has 5 heteroatoms. The summed E-state index contributed by atoms with van der Waals surface area (Å²) in [6, 6.07) is 5.15. The summed E-state index contributed by atoms with van der Waals surface area (Å²) >= 11 is 0. The van der Waals surface area contributed by atoms with Gasteiger partial charge in [0.1, 0.15) is 11.7 Å². The predicted octanol–water partition coefficient (Wildman–Crippen LogP) is 1.22. The Hall–Kier alpha value is -1.91. The van der Waals surface area contributed by atoms with Gasteiger partial charge in [-0.3, -0.25) is 9.59 Å². The number of anilines is 1. The number of carbonyl (C=O) groups is 2. The van der Waals surface area contributed by atoms with Crippen molar-refractivity contribution in [1.82, 2.24) is 4.98 Å². The number of carbonyl (C=O) groups excluding carboxylic acids is 2. The maximum atomic E-state index is 11.7. The smallest absolute Gasteiger partial charge is 0.318 e. The van der Waals surface area contributed by atoms with Gasteiger partial charge in [0.05, 0.1) is 7.11 Å². The van der Waals surface area contributed by atoms with E-state index in [-0.39, 0.29) is 0 Å². The molecule has 0 radical (unpaired) electrons. The molecular formula is C11H14N2O3. The normalized spacial score (nSPS) is 11.6. The fraction of sp³-hybridized carbons (Fsp3) is 0.364. The van der Waals surface area contributed by atoms with Crippen LogP contribution in [0.4, 0.5) is 5.82 Å². The van der Waals surface area contributed by atoms with Crippen LogP contribution in [0, 0.1) is 5.92 Å². The first-order valence-corrected chi connectivity index (χ1v) is 4.98. The molecule has 0 saturated heterocycles. The lowest BCUT2D eigenvalue weighted by Gasteiger charge is -2.11. The van der Waals surface area contributed by atoms with Crippen LogP contribution in [0.2, 0.25) is 0 Å². The predicted molar refractivity (Wildman–Crippen MR) is 58.7 cm³/mol. The number of nitrogens with zero attached hydrogens (tertiary/aromatic N) is 1. The number of methoxy groups -OCH3 is 1. The van der Waals surface area contributed by atoms with Gasteiger partial charge < -0.3 is 10.1 Å². The lowest BCUT2D eigenvalue weighted by Crippen LogP contribution is -2.30. The quantitative estimate of drug-likeness (QED) is 0.614. The molecule has 0 spiro atoms. The third-order valence-electron chi connectivity index (χ3n) is 2.13. The molecule has 1 aromatic rings. The van der Waals surface area contributed by atoms with Crippen LogP contribution >= 0.6 is 0 Å². The zero-order valence-electron chi connectivity index (χ0n) is 9.27. The molecule has 16 heavy (non-hydrogen) atoms. The van der Waals surface area contributed by atoms with Crippen molar-refractivity contribution in [2.24, 2.45) is 5.92 Å². The Kier molecular flexibility index (Phi) is 4.44. The van der Waals surface area contributed by atoms with Gasteiger partial charge in [0, 0.05) is 6.20 Å². The van der Waals surface area contributed by atoms with Crippen LogP contribution in [0.3, 0.4) is 0 Å². The lowest BCUT2D eigenvalue weighted by molar-refractivity contribution is -0.148. The zero-order chi connectivity index (χ0) is 12.0. The van der Waals surface area contributed by atoms with Crippen LogP contribution in [0.1, 0.15) is 13.3 Å². The number of esters is 1. The number of aromatic nitrogens is 1. The van der Waals surface area contributed by atoms with Gasteiger partial charge in [-0.25, -0.2) is 4.98 Å². The molecule has 0 aliphatic heterocycles. The third-order valence-corrected chi connectivity index (χ3v) is 2.13. The van der Waals surface area contributed by atoms with E-state index < -0.39 is 17.8 Å². The summed E-state index contributed by atoms with van der Waals surface area (Å²) in [7, 11) is 1.26. The SMILES string of the molecule is CCC(C(=O)Nc1ccccn1)C(=O)OC. The van der Waals surface area contributed by atoms with Gasteiger partial charge in [0.15, 0.2) is 0 Å². The molecule has 1 unspecified atom stereocenters. The van der Waals surface area contributed by atoms with E-state index in [9.17, 15) is 9.59 Å². The second kappa shape index (κ2) is 5.85. The minimum absolute atomic E-state index is 0.394. The molecular weight excluding hydrogens is 208 g/mol. The maximum Gasteiger partial charge on any atom is 0.318 e. The molecule has 0 bridgehead atoms. The van der Waals surface area contributed by atoms with Gasteiger partial charge in [-0.1, -0.05) is 13.0 Å². The van der Waals surface area contributed by atoms with E-state index in [1.54, 1.807) is 31.3 Å². The van der Waals surface area contributed by atoms with Gasteiger partial charge in [0.2, 0.25) is 5.91 Å². The van der Waals surface area contributed by atoms with Crippen LogP contribution < -0.4 is 5.32 Å². The monoisotopic (exact) mass is 222 g/mol. The number of amides is 1. The van der Waals surface area contributed by atoms with Gasteiger partial charge in [-0.05, 0) is 18.6 Å². The molecule has 0 aliphatic carbocycles. The summed E-state index contributed by atoms with van der Waals surface area (Å²) in [6.45, 7) is 1.75. The summed E-state index contributed by atoms with van der Waals surface area (Å²) < 4.78 is 4.54. The van der Waals surface area contributed by atoms with Crippen molar-refractivity contribution in [3.63, 3.8) is 0 Å². The average molecular weight is 222 g/mol. The number of pyridine rings is 1. The molecule has 1 aromatic heterocycles. The van der Waals surface area contributed by atoms with Crippen LogP contribution in [-0.2, 0) is 14.3 Å². The minimum Gasteiger partial charge on any atom is -0.468 e. The number of ether oxygens (including phenoxy) is 1. The summed E-state index contributed by atoms with van der Waals surface area (Å²) in [5.41, 5.74) is 0. The van der Waals surface area contributed by atoms with Crippen molar-refractivity contribution in [1.29, 1.82) is 0 Å². The highest BCUT2D eigenvalue weighted by Crippen LogP contribution is 2.09. The topological polar surface area (TPSA) is 68.3 Å². The third kappa shape index (κ3) is 3.05. The van der Waals surface area contributed by atoms with Crippen LogP contribution in [0.5, 0.6) is 0 Å². The molecule has 1 N–H and O–H groups in total. The van der Waals surface area contributed by atoms with E-state index in [4.69, 9.17) is 0 Å². The standard InChI is InChI=1S/C11H14N2O3/c1-3-8(11(15)16-2)10(14)13-9-6-4-5-7-12-9/h4-8H,3H2,1-2H3,(H,12,13,14). The summed E-state index contributed by atoms with van der Waals surface area (Å²) in [6.07, 6.45) is 1.96. The van der Waals surface area contributed by atoms with Gasteiger partial charge in [0.25, 0.3) is 0 Å². The molecule has 5 nitrogen and oxygen atoms in total. The highest BCUT2D eigenvalue weighted by molar-refractivity contribution is 6.04. The maximum absolute atomic E-state index is 11.7. The van der Waals surface area contributed by atoms with Gasteiger partial charge in [-0.2, -0.15) is 0 Å². The fourth-order valence-corrected chi connectivity index (χ4v) is 1.25. The molecule has 0 fully saturated rings. The Labute approximate surface area is 93.8 Å². The number of hydrogen-bond acceptors (Lipinski definition) is 4. The van der Waals surface area contributed by atoms with Crippen molar-refractivity contribution in [2.75, 3.05) is 12.4 Å². The summed E-state index contributed by atoms with van der Waals surface area (Å²) in [5, 5.41) is 2.56. The second-order valence-corrected chi connectivity index (χ2v) is 3.19. The number of rotatable bonds is 4. The zero-order valence-corrected chi connectivity index (χ0v) is 9.27. The van der Waals surface area contributed by atoms with Crippen molar-refractivity contribution < 1.29 is 14.3 Å². The Morgan fingerprint density at radius 3 is 2.75 bits per heavy atom.